The number of nitrogens with two attached hydrogens (primary N) is 1. The van der Waals surface area contributed by atoms with E-state index in [-0.39, 0.29) is 17.9 Å². The molecule has 4 N–H and O–H groups in total. The molecule has 1 fully saturated rings. The van der Waals surface area contributed by atoms with E-state index in [9.17, 15) is 9.90 Å². The van der Waals surface area contributed by atoms with Crippen molar-refractivity contribution < 1.29 is 9.90 Å². The number of carbonyl (C=O) groups excluding carboxylic acids is 1. The quantitative estimate of drug-likeness (QED) is 0.696. The number of amides is 1. The lowest BCUT2D eigenvalue weighted by Crippen LogP contribution is -2.45. The largest absolute Gasteiger partial charge is 0.388 e. The van der Waals surface area contributed by atoms with E-state index in [2.05, 4.69) is 19.2 Å². The van der Waals surface area contributed by atoms with Gasteiger partial charge in [-0.2, -0.15) is 0 Å². The summed E-state index contributed by atoms with van der Waals surface area (Å²) in [5, 5.41) is 13.0. The van der Waals surface area contributed by atoms with Crippen LogP contribution >= 0.6 is 0 Å². The average Bonchev–Trinajstić information content (AvgIpc) is 2.24. The fourth-order valence-electron chi connectivity index (χ4n) is 2.84. The lowest BCUT2D eigenvalue weighted by atomic mass is 9.85. The van der Waals surface area contributed by atoms with E-state index >= 15 is 0 Å². The van der Waals surface area contributed by atoms with Gasteiger partial charge in [0, 0.05) is 18.5 Å². The van der Waals surface area contributed by atoms with E-state index in [4.69, 9.17) is 5.73 Å². The summed E-state index contributed by atoms with van der Waals surface area (Å²) in [5.74, 6) is 0.498. The molecule has 1 saturated carbocycles. The smallest absolute Gasteiger partial charge is 0.223 e. The van der Waals surface area contributed by atoms with Gasteiger partial charge >= 0.3 is 0 Å². The van der Waals surface area contributed by atoms with E-state index in [0.29, 0.717) is 18.9 Å². The predicted molar refractivity (Wildman–Crippen MR) is 73.0 cm³/mol. The van der Waals surface area contributed by atoms with E-state index in [1.54, 1.807) is 6.92 Å². The highest BCUT2D eigenvalue weighted by Gasteiger charge is 2.28. The maximum absolute atomic E-state index is 12.0. The molecule has 18 heavy (non-hydrogen) atoms. The molecule has 1 aliphatic rings. The van der Waals surface area contributed by atoms with Crippen LogP contribution in [0.25, 0.3) is 0 Å². The molecular formula is C14H28N2O2. The fraction of sp³-hybridized carbons (Fsp3) is 0.929. The summed E-state index contributed by atoms with van der Waals surface area (Å²) in [6, 6.07) is 0.158. The minimum Gasteiger partial charge on any atom is -0.388 e. The van der Waals surface area contributed by atoms with Crippen molar-refractivity contribution in [2.45, 2.75) is 64.5 Å². The summed E-state index contributed by atoms with van der Waals surface area (Å²) in [6.07, 6.45) is 4.44. The number of nitrogens with one attached hydrogen (secondary N) is 1. The van der Waals surface area contributed by atoms with Gasteiger partial charge in [-0.3, -0.25) is 4.79 Å². The lowest BCUT2D eigenvalue weighted by molar-refractivity contribution is -0.127. The molecule has 4 heteroatoms. The molecule has 0 aromatic carbocycles. The Balaban J connectivity index is 2.36. The molecule has 0 spiro atoms. The van der Waals surface area contributed by atoms with Crippen molar-refractivity contribution in [3.63, 3.8) is 0 Å². The Bertz CT molecular complexity index is 277. The van der Waals surface area contributed by atoms with Gasteiger partial charge in [0.1, 0.15) is 0 Å². The van der Waals surface area contributed by atoms with Gasteiger partial charge in [0.2, 0.25) is 5.91 Å². The Hall–Kier alpha value is -0.610. The van der Waals surface area contributed by atoms with Crippen LogP contribution in [0.1, 0.15) is 52.9 Å². The number of rotatable bonds is 5. The molecule has 3 unspecified atom stereocenters. The monoisotopic (exact) mass is 256 g/mol. The van der Waals surface area contributed by atoms with Gasteiger partial charge in [-0.05, 0) is 38.5 Å². The third-order valence-electron chi connectivity index (χ3n) is 3.58. The highest BCUT2D eigenvalue weighted by molar-refractivity contribution is 5.78. The summed E-state index contributed by atoms with van der Waals surface area (Å²) in [5.41, 5.74) is 5.06. The first-order valence-electron chi connectivity index (χ1n) is 7.06. The Morgan fingerprint density at radius 1 is 1.50 bits per heavy atom. The van der Waals surface area contributed by atoms with Crippen LogP contribution in [0.4, 0.5) is 0 Å². The molecule has 0 heterocycles. The first kappa shape index (κ1) is 15.4. The summed E-state index contributed by atoms with van der Waals surface area (Å²) in [4.78, 5) is 12.0. The topological polar surface area (TPSA) is 75.3 Å². The van der Waals surface area contributed by atoms with E-state index in [0.717, 1.165) is 25.7 Å². The average molecular weight is 256 g/mol. The minimum absolute atomic E-state index is 0.0311. The van der Waals surface area contributed by atoms with Crippen molar-refractivity contribution in [3.8, 4) is 0 Å². The summed E-state index contributed by atoms with van der Waals surface area (Å²) < 4.78 is 0. The zero-order valence-corrected chi connectivity index (χ0v) is 11.9. The first-order chi connectivity index (χ1) is 8.30. The molecule has 0 aliphatic heterocycles. The molecule has 0 saturated heterocycles. The van der Waals surface area contributed by atoms with Crippen molar-refractivity contribution >= 4 is 5.91 Å². The van der Waals surface area contributed by atoms with E-state index < -0.39 is 5.60 Å². The second-order valence-electron chi connectivity index (χ2n) is 6.44. The van der Waals surface area contributed by atoms with Crippen LogP contribution < -0.4 is 11.1 Å². The Morgan fingerprint density at radius 3 is 2.72 bits per heavy atom. The van der Waals surface area contributed by atoms with E-state index in [1.165, 1.54) is 0 Å². The van der Waals surface area contributed by atoms with Crippen molar-refractivity contribution in [2.75, 3.05) is 6.54 Å². The number of hydrogen-bond donors (Lipinski definition) is 3. The van der Waals surface area contributed by atoms with Crippen molar-refractivity contribution in [1.29, 1.82) is 0 Å². The molecule has 1 aliphatic carbocycles. The van der Waals surface area contributed by atoms with Crippen LogP contribution in [-0.2, 0) is 4.79 Å². The highest BCUT2D eigenvalue weighted by atomic mass is 16.3. The third-order valence-corrected chi connectivity index (χ3v) is 3.58. The summed E-state index contributed by atoms with van der Waals surface area (Å²) >= 11 is 0. The zero-order chi connectivity index (χ0) is 13.8. The summed E-state index contributed by atoms with van der Waals surface area (Å²) in [7, 11) is 0. The molecule has 1 rings (SSSR count). The number of aliphatic hydroxyl groups is 1. The second-order valence-corrected chi connectivity index (χ2v) is 6.44. The maximum atomic E-state index is 12.0. The van der Waals surface area contributed by atoms with Crippen LogP contribution in [0.5, 0.6) is 0 Å². The van der Waals surface area contributed by atoms with Crippen LogP contribution in [0.15, 0.2) is 0 Å². The SMILES string of the molecule is CC(C)CC(C)(O)CNC(=O)C1CCCC(N)C1. The van der Waals surface area contributed by atoms with Gasteiger partial charge in [-0.15, -0.1) is 0 Å². The zero-order valence-electron chi connectivity index (χ0n) is 11.9. The van der Waals surface area contributed by atoms with Crippen molar-refractivity contribution in [2.24, 2.45) is 17.6 Å². The predicted octanol–water partition coefficient (Wildman–Crippen LogP) is 1.42. The molecule has 4 nitrogen and oxygen atoms in total. The Morgan fingerprint density at radius 2 is 2.17 bits per heavy atom. The molecular weight excluding hydrogens is 228 g/mol. The number of carbonyl (C=O) groups is 1. The normalized spacial score (nSPS) is 27.9. The molecule has 0 bridgehead atoms. The molecule has 0 aromatic rings. The maximum Gasteiger partial charge on any atom is 0.223 e. The summed E-state index contributed by atoms with van der Waals surface area (Å²) in [6.45, 7) is 6.24. The molecule has 0 radical (unpaired) electrons. The molecule has 3 atom stereocenters. The van der Waals surface area contributed by atoms with E-state index in [1.807, 2.05) is 0 Å². The van der Waals surface area contributed by atoms with Crippen molar-refractivity contribution in [1.82, 2.24) is 5.32 Å². The van der Waals surface area contributed by atoms with Crippen LogP contribution in [0, 0.1) is 11.8 Å². The van der Waals surface area contributed by atoms with Gasteiger partial charge < -0.3 is 16.2 Å². The van der Waals surface area contributed by atoms with Gasteiger partial charge in [-0.25, -0.2) is 0 Å². The highest BCUT2D eigenvalue weighted by Crippen LogP contribution is 2.23. The third kappa shape index (κ3) is 5.36. The van der Waals surface area contributed by atoms with Gasteiger partial charge in [0.25, 0.3) is 0 Å². The van der Waals surface area contributed by atoms with Crippen LogP contribution in [-0.4, -0.2) is 29.2 Å². The molecule has 106 valence electrons. The second kappa shape index (κ2) is 6.53. The Kier molecular flexibility index (Phi) is 5.60. The van der Waals surface area contributed by atoms with Crippen molar-refractivity contribution in [3.05, 3.63) is 0 Å². The first-order valence-corrected chi connectivity index (χ1v) is 7.06. The van der Waals surface area contributed by atoms with Gasteiger partial charge in [0.15, 0.2) is 0 Å². The lowest BCUT2D eigenvalue weighted by Gasteiger charge is -2.29. The number of hydrogen-bond acceptors (Lipinski definition) is 3. The minimum atomic E-state index is -0.819. The standard InChI is InChI=1S/C14H28N2O2/c1-10(2)8-14(3,18)9-16-13(17)11-5-4-6-12(15)7-11/h10-12,18H,4-9,15H2,1-3H3,(H,16,17). The molecule has 0 aromatic heterocycles. The van der Waals surface area contributed by atoms with Crippen LogP contribution in [0.3, 0.4) is 0 Å². The van der Waals surface area contributed by atoms with Gasteiger partial charge in [0.05, 0.1) is 5.60 Å². The molecule has 1 amide bonds. The Labute approximate surface area is 110 Å². The van der Waals surface area contributed by atoms with Gasteiger partial charge in [-0.1, -0.05) is 20.3 Å². The van der Waals surface area contributed by atoms with Crippen LogP contribution in [0.2, 0.25) is 0 Å². The fourth-order valence-corrected chi connectivity index (χ4v) is 2.84.